The molecule has 0 bridgehead atoms. The second-order valence-corrected chi connectivity index (χ2v) is 4.62. The topological polar surface area (TPSA) is 29.8 Å². The Balaban J connectivity index is 2.16. The third kappa shape index (κ3) is 2.64. The molecule has 1 aromatic rings. The smallest absolute Gasteiger partial charge is 0.206 e. The fraction of sp³-hybridized carbons (Fsp3) is 0.267. The maximum absolute atomic E-state index is 3.33. The van der Waals surface area contributed by atoms with Gasteiger partial charge in [0.25, 0.3) is 0 Å². The van der Waals surface area contributed by atoms with Crippen LogP contribution in [-0.2, 0) is 0 Å². The summed E-state index contributed by atoms with van der Waals surface area (Å²) in [4.78, 5) is 6.67. The van der Waals surface area contributed by atoms with Gasteiger partial charge >= 0.3 is 0 Å². The summed E-state index contributed by atoms with van der Waals surface area (Å²) in [6.45, 7) is 8.39. The van der Waals surface area contributed by atoms with E-state index in [2.05, 4.69) is 68.0 Å². The Labute approximate surface area is 102 Å². The van der Waals surface area contributed by atoms with Gasteiger partial charge in [0.05, 0.1) is 0 Å². The van der Waals surface area contributed by atoms with Crippen molar-refractivity contribution in [3.05, 3.63) is 52.5 Å². The average Bonchev–Trinajstić information content (AvgIpc) is 2.71. The largest absolute Gasteiger partial charge is 0.359 e. The van der Waals surface area contributed by atoms with Crippen LogP contribution in [0.3, 0.4) is 0 Å². The van der Waals surface area contributed by atoms with Gasteiger partial charge in [-0.25, -0.2) is 4.99 Å². The molecular weight excluding hydrogens is 208 g/mol. The summed E-state index contributed by atoms with van der Waals surface area (Å²) in [5.41, 5.74) is 7.33. The van der Waals surface area contributed by atoms with E-state index >= 15 is 0 Å². The van der Waals surface area contributed by atoms with Crippen molar-refractivity contribution in [2.24, 2.45) is 0 Å². The molecule has 88 valence electrons. The zero-order valence-electron chi connectivity index (χ0n) is 10.9. The van der Waals surface area contributed by atoms with Gasteiger partial charge in [-0.3, -0.25) is 0 Å². The lowest BCUT2D eigenvalue weighted by molar-refractivity contribution is -0.388. The van der Waals surface area contributed by atoms with Crippen molar-refractivity contribution in [2.75, 3.05) is 0 Å². The molecule has 0 radical (unpaired) electrons. The predicted molar refractivity (Wildman–Crippen MR) is 72.8 cm³/mol. The van der Waals surface area contributed by atoms with Crippen molar-refractivity contribution in [3.63, 3.8) is 0 Å². The van der Waals surface area contributed by atoms with Crippen molar-refractivity contribution in [1.29, 1.82) is 0 Å². The number of allylic oxidation sites excluding steroid dienone is 4. The Hall–Kier alpha value is -1.83. The lowest BCUT2D eigenvalue weighted by atomic mass is 10.2. The monoisotopic (exact) mass is 227 g/mol. The maximum Gasteiger partial charge on any atom is 0.206 e. The summed E-state index contributed by atoms with van der Waals surface area (Å²) >= 11 is 0. The van der Waals surface area contributed by atoms with Crippen molar-refractivity contribution in [1.82, 2.24) is 4.98 Å². The van der Waals surface area contributed by atoms with Gasteiger partial charge in [-0.1, -0.05) is 6.08 Å². The van der Waals surface area contributed by atoms with Gasteiger partial charge in [-0.2, -0.15) is 0 Å². The Morgan fingerprint density at radius 3 is 2.47 bits per heavy atom. The molecule has 0 spiro atoms. The molecule has 2 rings (SSSR count). The van der Waals surface area contributed by atoms with Crippen LogP contribution in [-0.4, -0.2) is 10.7 Å². The number of hydrogen-bond donors (Lipinski definition) is 2. The summed E-state index contributed by atoms with van der Waals surface area (Å²) in [5.74, 6) is 0. The first-order valence-electron chi connectivity index (χ1n) is 5.90. The van der Waals surface area contributed by atoms with Gasteiger partial charge in [0.2, 0.25) is 5.70 Å². The molecule has 2 nitrogen and oxygen atoms in total. The van der Waals surface area contributed by atoms with E-state index in [1.165, 1.54) is 33.9 Å². The minimum absolute atomic E-state index is 1.18. The number of H-pyrrole nitrogens is 1. The van der Waals surface area contributed by atoms with Gasteiger partial charge in [0, 0.05) is 36.0 Å². The molecule has 1 aliphatic heterocycles. The molecule has 0 amide bonds. The third-order valence-corrected chi connectivity index (χ3v) is 2.91. The van der Waals surface area contributed by atoms with Crippen LogP contribution in [0.25, 0.3) is 6.08 Å². The minimum atomic E-state index is 1.18. The summed E-state index contributed by atoms with van der Waals surface area (Å²) in [6.07, 6.45) is 8.45. The summed E-state index contributed by atoms with van der Waals surface area (Å²) in [5, 5.41) is 0. The van der Waals surface area contributed by atoms with Gasteiger partial charge in [-0.05, 0) is 38.5 Å². The Bertz CT molecular complexity index is 551. The highest BCUT2D eigenvalue weighted by molar-refractivity contribution is 5.91. The van der Waals surface area contributed by atoms with Gasteiger partial charge < -0.3 is 4.98 Å². The maximum atomic E-state index is 3.33. The fourth-order valence-corrected chi connectivity index (χ4v) is 2.09. The van der Waals surface area contributed by atoms with Crippen LogP contribution in [0, 0.1) is 13.8 Å². The van der Waals surface area contributed by atoms with E-state index in [0.717, 1.165) is 0 Å². The van der Waals surface area contributed by atoms with Gasteiger partial charge in [-0.15, -0.1) is 0 Å². The molecule has 0 aromatic carbocycles. The van der Waals surface area contributed by atoms with E-state index in [9.17, 15) is 0 Å². The van der Waals surface area contributed by atoms with Crippen LogP contribution in [0.5, 0.6) is 0 Å². The quantitative estimate of drug-likeness (QED) is 0.774. The van der Waals surface area contributed by atoms with E-state index in [-0.39, 0.29) is 0 Å². The zero-order chi connectivity index (χ0) is 12.4. The number of nitrogens with one attached hydrogen (secondary N) is 2. The van der Waals surface area contributed by atoms with Crippen molar-refractivity contribution in [2.45, 2.75) is 27.7 Å². The lowest BCUT2D eigenvalue weighted by Gasteiger charge is -1.89. The fourth-order valence-electron chi connectivity index (χ4n) is 2.09. The number of aromatic amines is 1. The van der Waals surface area contributed by atoms with Crippen LogP contribution in [0.15, 0.2) is 35.6 Å². The molecule has 1 aliphatic rings. The van der Waals surface area contributed by atoms with Crippen LogP contribution in [0.2, 0.25) is 0 Å². The van der Waals surface area contributed by atoms with Crippen LogP contribution >= 0.6 is 0 Å². The molecule has 0 fully saturated rings. The van der Waals surface area contributed by atoms with E-state index in [0.29, 0.717) is 0 Å². The first-order chi connectivity index (χ1) is 8.06. The number of aromatic nitrogens is 1. The number of rotatable bonds is 2. The van der Waals surface area contributed by atoms with E-state index < -0.39 is 0 Å². The van der Waals surface area contributed by atoms with Crippen molar-refractivity contribution >= 4 is 11.8 Å². The van der Waals surface area contributed by atoms with E-state index in [4.69, 9.17) is 0 Å². The SMILES string of the molecule is CC1=CC(C)=[NH+]C1=CC=Cc1[nH]c(C)cc1C. The Kier molecular flexibility index (Phi) is 3.14. The van der Waals surface area contributed by atoms with Crippen LogP contribution in [0.4, 0.5) is 0 Å². The second kappa shape index (κ2) is 4.58. The molecule has 2 heterocycles. The highest BCUT2D eigenvalue weighted by Crippen LogP contribution is 2.11. The second-order valence-electron chi connectivity index (χ2n) is 4.62. The molecule has 2 N–H and O–H groups in total. The molecule has 0 aliphatic carbocycles. The van der Waals surface area contributed by atoms with Gasteiger partial charge in [0.1, 0.15) is 0 Å². The highest BCUT2D eigenvalue weighted by atomic mass is 14.8. The predicted octanol–water partition coefficient (Wildman–Crippen LogP) is 2.03. The van der Waals surface area contributed by atoms with E-state index in [1.54, 1.807) is 0 Å². The normalized spacial score (nSPS) is 18.0. The summed E-state index contributed by atoms with van der Waals surface area (Å²) in [7, 11) is 0. The summed E-state index contributed by atoms with van der Waals surface area (Å²) in [6, 6.07) is 2.16. The first kappa shape index (κ1) is 11.6. The number of aryl methyl sites for hydroxylation is 2. The van der Waals surface area contributed by atoms with Crippen LogP contribution in [0.1, 0.15) is 30.8 Å². The third-order valence-electron chi connectivity index (χ3n) is 2.91. The highest BCUT2D eigenvalue weighted by Gasteiger charge is 2.12. The zero-order valence-corrected chi connectivity index (χ0v) is 10.9. The molecule has 0 saturated carbocycles. The molecule has 17 heavy (non-hydrogen) atoms. The van der Waals surface area contributed by atoms with Gasteiger partial charge in [0.15, 0.2) is 5.71 Å². The van der Waals surface area contributed by atoms with Crippen LogP contribution < -0.4 is 4.99 Å². The van der Waals surface area contributed by atoms with E-state index in [1.807, 2.05) is 0 Å². The molecule has 0 atom stereocenters. The van der Waals surface area contributed by atoms with Crippen molar-refractivity contribution in [3.8, 4) is 0 Å². The Morgan fingerprint density at radius 2 is 1.94 bits per heavy atom. The molecule has 0 unspecified atom stereocenters. The Morgan fingerprint density at radius 1 is 1.18 bits per heavy atom. The molecule has 1 aromatic heterocycles. The standard InChI is InChI=1S/C15H18N2/c1-10-8-12(3)16-14(10)6-5-7-15-11(2)9-13(4)17-15/h5-9,16H,1-4H3/p+1. The minimum Gasteiger partial charge on any atom is -0.359 e. The van der Waals surface area contributed by atoms with Crippen molar-refractivity contribution < 1.29 is 4.99 Å². The average molecular weight is 227 g/mol. The summed E-state index contributed by atoms with van der Waals surface area (Å²) < 4.78 is 0. The molecule has 0 saturated heterocycles. The first-order valence-corrected chi connectivity index (χ1v) is 5.90. The number of hydrogen-bond acceptors (Lipinski definition) is 0. The molecular formula is C15H19N2+. The lowest BCUT2D eigenvalue weighted by Crippen LogP contribution is -2.67. The molecule has 2 heteroatoms.